The largest absolute Gasteiger partial charge is 0.496 e. The minimum Gasteiger partial charge on any atom is -0.496 e. The van der Waals surface area contributed by atoms with Crippen LogP contribution in [0.2, 0.25) is 0 Å². The first-order valence-corrected chi connectivity index (χ1v) is 5.85. The van der Waals surface area contributed by atoms with Crippen LogP contribution in [0.5, 0.6) is 11.5 Å². The van der Waals surface area contributed by atoms with Gasteiger partial charge in [0.15, 0.2) is 0 Å². The molecule has 0 aliphatic heterocycles. The van der Waals surface area contributed by atoms with E-state index in [1.807, 2.05) is 19.1 Å². The number of hydrogen-bond donors (Lipinski definition) is 0. The molecule has 0 amide bonds. The molecule has 4 nitrogen and oxygen atoms in total. The summed E-state index contributed by atoms with van der Waals surface area (Å²) in [4.78, 5) is 10.7. The van der Waals surface area contributed by atoms with Crippen LogP contribution in [0, 0.1) is 0 Å². The second-order valence-electron chi connectivity index (χ2n) is 4.15. The number of hydrogen-bond acceptors (Lipinski definition) is 4. The van der Waals surface area contributed by atoms with E-state index in [0.717, 1.165) is 28.9 Å². The van der Waals surface area contributed by atoms with Crippen molar-refractivity contribution >= 4 is 6.29 Å². The Bertz CT molecular complexity index is 376. The van der Waals surface area contributed by atoms with E-state index in [0.29, 0.717) is 13.0 Å². The van der Waals surface area contributed by atoms with Gasteiger partial charge >= 0.3 is 0 Å². The number of methoxy groups -OCH3 is 3. The highest BCUT2D eigenvalue weighted by atomic mass is 16.5. The summed E-state index contributed by atoms with van der Waals surface area (Å²) in [6, 6.07) is 3.84. The number of ether oxygens (including phenoxy) is 3. The molecule has 1 rings (SSSR count). The van der Waals surface area contributed by atoms with Crippen LogP contribution in [0.15, 0.2) is 12.1 Å². The molecule has 1 aromatic rings. The normalized spacial score (nSPS) is 12.0. The van der Waals surface area contributed by atoms with Crippen LogP contribution < -0.4 is 9.47 Å². The summed E-state index contributed by atoms with van der Waals surface area (Å²) in [5.41, 5.74) is 1.90. The molecule has 0 radical (unpaired) electrons. The van der Waals surface area contributed by atoms with Gasteiger partial charge in [0.05, 0.1) is 20.8 Å². The van der Waals surface area contributed by atoms with Gasteiger partial charge in [-0.2, -0.15) is 0 Å². The molecule has 100 valence electrons. The van der Waals surface area contributed by atoms with E-state index in [2.05, 4.69) is 0 Å². The summed E-state index contributed by atoms with van der Waals surface area (Å²) in [7, 11) is 4.87. The third-order valence-corrected chi connectivity index (χ3v) is 2.86. The molecular weight excluding hydrogens is 232 g/mol. The van der Waals surface area contributed by atoms with Crippen molar-refractivity contribution in [2.45, 2.75) is 25.9 Å². The highest BCUT2D eigenvalue weighted by Gasteiger charge is 2.18. The van der Waals surface area contributed by atoms with Crippen molar-refractivity contribution in [3.05, 3.63) is 23.3 Å². The fraction of sp³-hybridized carbons (Fsp3) is 0.500. The van der Waals surface area contributed by atoms with Crippen LogP contribution in [-0.2, 0) is 16.1 Å². The van der Waals surface area contributed by atoms with Crippen molar-refractivity contribution in [2.75, 3.05) is 21.3 Å². The minimum absolute atomic E-state index is 0.0593. The van der Waals surface area contributed by atoms with Crippen molar-refractivity contribution in [3.63, 3.8) is 0 Å². The first-order valence-electron chi connectivity index (χ1n) is 5.85. The Morgan fingerprint density at radius 2 is 1.72 bits per heavy atom. The van der Waals surface area contributed by atoms with Crippen molar-refractivity contribution in [3.8, 4) is 11.5 Å². The van der Waals surface area contributed by atoms with E-state index in [1.54, 1.807) is 21.3 Å². The average molecular weight is 252 g/mol. The predicted octanol–water partition coefficient (Wildman–Crippen LogP) is 2.54. The van der Waals surface area contributed by atoms with Gasteiger partial charge in [-0.05, 0) is 23.6 Å². The maximum atomic E-state index is 10.7. The van der Waals surface area contributed by atoms with Crippen molar-refractivity contribution in [1.29, 1.82) is 0 Å². The van der Waals surface area contributed by atoms with Crippen molar-refractivity contribution < 1.29 is 19.0 Å². The lowest BCUT2D eigenvalue weighted by molar-refractivity contribution is -0.108. The number of benzene rings is 1. The predicted molar refractivity (Wildman–Crippen MR) is 69.4 cm³/mol. The second-order valence-corrected chi connectivity index (χ2v) is 4.15. The van der Waals surface area contributed by atoms with E-state index >= 15 is 0 Å². The standard InChI is InChI=1S/C14H20O4/c1-10(5-6-15)14-12(17-3)7-11(9-16-2)8-13(14)18-4/h6-8,10H,5,9H2,1-4H3. The van der Waals surface area contributed by atoms with E-state index < -0.39 is 0 Å². The SMILES string of the molecule is COCc1cc(OC)c(C(C)CC=O)c(OC)c1. The van der Waals surface area contributed by atoms with Gasteiger partial charge in [-0.15, -0.1) is 0 Å². The summed E-state index contributed by atoms with van der Waals surface area (Å²) < 4.78 is 15.9. The van der Waals surface area contributed by atoms with Crippen molar-refractivity contribution in [1.82, 2.24) is 0 Å². The van der Waals surface area contributed by atoms with Crippen molar-refractivity contribution in [2.24, 2.45) is 0 Å². The third-order valence-electron chi connectivity index (χ3n) is 2.86. The van der Waals surface area contributed by atoms with Gasteiger partial charge in [-0.3, -0.25) is 0 Å². The molecule has 1 aromatic carbocycles. The number of aldehydes is 1. The zero-order valence-corrected chi connectivity index (χ0v) is 11.4. The van der Waals surface area contributed by atoms with Crippen LogP contribution in [0.4, 0.5) is 0 Å². The lowest BCUT2D eigenvalue weighted by Gasteiger charge is -2.19. The van der Waals surface area contributed by atoms with Crippen LogP contribution in [0.25, 0.3) is 0 Å². The Kier molecular flexibility index (Phi) is 5.65. The number of rotatable bonds is 7. The maximum absolute atomic E-state index is 10.7. The lowest BCUT2D eigenvalue weighted by Crippen LogP contribution is -2.03. The molecular formula is C14H20O4. The summed E-state index contributed by atoms with van der Waals surface area (Å²) in [5, 5.41) is 0. The summed E-state index contributed by atoms with van der Waals surface area (Å²) >= 11 is 0. The summed E-state index contributed by atoms with van der Waals surface area (Å²) in [5.74, 6) is 1.52. The first kappa shape index (κ1) is 14.5. The van der Waals surface area contributed by atoms with Gasteiger partial charge < -0.3 is 19.0 Å². The quantitative estimate of drug-likeness (QED) is 0.699. The van der Waals surface area contributed by atoms with Crippen LogP contribution in [0.1, 0.15) is 30.4 Å². The molecule has 0 aromatic heterocycles. The molecule has 0 fully saturated rings. The molecule has 0 saturated carbocycles. The zero-order valence-electron chi connectivity index (χ0n) is 11.4. The van der Waals surface area contributed by atoms with Gasteiger partial charge in [-0.25, -0.2) is 0 Å². The fourth-order valence-electron chi connectivity index (χ4n) is 1.99. The van der Waals surface area contributed by atoms with Crippen LogP contribution in [0.3, 0.4) is 0 Å². The highest BCUT2D eigenvalue weighted by molar-refractivity contribution is 5.56. The van der Waals surface area contributed by atoms with Gasteiger partial charge in [0.1, 0.15) is 17.8 Å². The van der Waals surface area contributed by atoms with Crippen LogP contribution in [-0.4, -0.2) is 27.6 Å². The first-order chi connectivity index (χ1) is 8.67. The monoisotopic (exact) mass is 252 g/mol. The molecule has 0 N–H and O–H groups in total. The molecule has 1 unspecified atom stereocenters. The average Bonchev–Trinajstić information content (AvgIpc) is 2.38. The van der Waals surface area contributed by atoms with Gasteiger partial charge in [0.25, 0.3) is 0 Å². The summed E-state index contributed by atoms with van der Waals surface area (Å²) in [6.07, 6.45) is 1.35. The Morgan fingerprint density at radius 3 is 2.11 bits per heavy atom. The molecule has 0 heterocycles. The van der Waals surface area contributed by atoms with E-state index in [9.17, 15) is 4.79 Å². The van der Waals surface area contributed by atoms with Gasteiger partial charge in [0.2, 0.25) is 0 Å². The van der Waals surface area contributed by atoms with E-state index in [4.69, 9.17) is 14.2 Å². The van der Waals surface area contributed by atoms with Gasteiger partial charge in [0, 0.05) is 19.1 Å². The Labute approximate surface area is 108 Å². The topological polar surface area (TPSA) is 44.8 Å². The molecule has 1 atom stereocenters. The van der Waals surface area contributed by atoms with Crippen LogP contribution >= 0.6 is 0 Å². The molecule has 18 heavy (non-hydrogen) atoms. The Balaban J connectivity index is 3.24. The fourth-order valence-corrected chi connectivity index (χ4v) is 1.99. The maximum Gasteiger partial charge on any atom is 0.126 e. The minimum atomic E-state index is 0.0593. The second kappa shape index (κ2) is 7.01. The van der Waals surface area contributed by atoms with E-state index in [1.165, 1.54) is 0 Å². The molecule has 0 saturated heterocycles. The molecule has 4 heteroatoms. The summed E-state index contributed by atoms with van der Waals surface area (Å²) in [6.45, 7) is 2.47. The molecule has 0 aliphatic rings. The highest BCUT2D eigenvalue weighted by Crippen LogP contribution is 2.37. The number of carbonyl (C=O) groups excluding carboxylic acids is 1. The Hall–Kier alpha value is -1.55. The Morgan fingerprint density at radius 1 is 1.17 bits per heavy atom. The smallest absolute Gasteiger partial charge is 0.126 e. The third kappa shape index (κ3) is 3.23. The lowest BCUT2D eigenvalue weighted by atomic mass is 9.95. The molecule has 0 spiro atoms. The van der Waals surface area contributed by atoms with E-state index in [-0.39, 0.29) is 5.92 Å². The molecule has 0 aliphatic carbocycles. The van der Waals surface area contributed by atoms with Gasteiger partial charge in [-0.1, -0.05) is 6.92 Å². The zero-order chi connectivity index (χ0) is 13.5. The number of carbonyl (C=O) groups is 1. The molecule has 0 bridgehead atoms.